The van der Waals surface area contributed by atoms with E-state index in [0.29, 0.717) is 11.4 Å². The Balaban J connectivity index is 0.00000659. The van der Waals surface area contributed by atoms with E-state index in [0.717, 1.165) is 102 Å². The number of nitrogens with zero attached hydrogens (tertiary/aromatic N) is 3. The van der Waals surface area contributed by atoms with Crippen molar-refractivity contribution in [3.8, 4) is 78.8 Å². The Hall–Kier alpha value is -6.29. The van der Waals surface area contributed by atoms with Crippen LogP contribution in [-0.2, 0) is 43.7 Å². The topological polar surface area (TPSA) is 64.1 Å². The van der Waals surface area contributed by atoms with Crippen molar-refractivity contribution in [3.63, 3.8) is 0 Å². The average Bonchev–Trinajstić information content (AvgIpc) is 3.87. The van der Waals surface area contributed by atoms with Crippen molar-refractivity contribution in [1.82, 2.24) is 14.5 Å². The van der Waals surface area contributed by atoms with Crippen LogP contribution in [-0.4, -0.2) is 19.6 Å². The molecule has 0 saturated heterocycles. The fourth-order valence-corrected chi connectivity index (χ4v) is 9.39. The molecule has 0 aliphatic rings. The molecule has 0 spiro atoms. The fourth-order valence-electron chi connectivity index (χ4n) is 9.39. The third-order valence-corrected chi connectivity index (χ3v) is 13.1. The van der Waals surface area contributed by atoms with Crippen molar-refractivity contribution >= 4 is 11.0 Å². The molecule has 0 aliphatic carbocycles. The summed E-state index contributed by atoms with van der Waals surface area (Å²) in [5, 5.41) is 12.7. The monoisotopic (exact) mass is 1100 g/mol. The van der Waals surface area contributed by atoms with E-state index in [4.69, 9.17) is 14.4 Å². The Morgan fingerprint density at radius 3 is 1.86 bits per heavy atom. The van der Waals surface area contributed by atoms with Crippen molar-refractivity contribution in [2.24, 2.45) is 5.41 Å². The maximum atomic E-state index is 12.7. The second-order valence-electron chi connectivity index (χ2n) is 23.2. The van der Waals surface area contributed by atoms with E-state index in [2.05, 4.69) is 234 Å². The number of aromatic hydroxyl groups is 1. The number of hydrogen-bond donors (Lipinski definition) is 1. The number of pyridine rings is 1. The third-order valence-electron chi connectivity index (χ3n) is 13.1. The first-order chi connectivity index (χ1) is 32.5. The zero-order chi connectivity index (χ0) is 49.2. The van der Waals surface area contributed by atoms with Gasteiger partial charge in [-0.15, -0.1) is 29.3 Å². The van der Waals surface area contributed by atoms with Crippen LogP contribution >= 0.6 is 0 Å². The molecule has 6 aromatic carbocycles. The van der Waals surface area contributed by atoms with Crippen LogP contribution < -0.4 is 0 Å². The predicted octanol–water partition coefficient (Wildman–Crippen LogP) is 17.3. The van der Waals surface area contributed by atoms with Crippen LogP contribution in [0, 0.1) is 18.4 Å². The number of imidazole rings is 1. The molecule has 3 heterocycles. The van der Waals surface area contributed by atoms with Gasteiger partial charge in [0, 0.05) is 56.1 Å². The van der Waals surface area contributed by atoms with Gasteiger partial charge < -0.3 is 9.52 Å². The van der Waals surface area contributed by atoms with Gasteiger partial charge in [0.2, 0.25) is 0 Å². The Morgan fingerprint density at radius 1 is 0.571 bits per heavy atom. The normalized spacial score (nSPS) is 12.4. The van der Waals surface area contributed by atoms with Gasteiger partial charge in [-0.3, -0.25) is 9.55 Å². The molecule has 5 nitrogen and oxygen atoms in total. The number of para-hydroxylation sites is 1. The summed E-state index contributed by atoms with van der Waals surface area (Å²) in [5.41, 5.74) is 15.9. The van der Waals surface area contributed by atoms with Crippen LogP contribution in [0.3, 0.4) is 0 Å². The number of benzene rings is 6. The van der Waals surface area contributed by atoms with Gasteiger partial charge >= 0.3 is 0 Å². The fraction of sp³-hybridized carbons (Fsp3) is 0.281. The minimum absolute atomic E-state index is 0. The summed E-state index contributed by atoms with van der Waals surface area (Å²) in [6.45, 7) is 28.8. The van der Waals surface area contributed by atoms with Crippen molar-refractivity contribution in [3.05, 3.63) is 180 Å². The van der Waals surface area contributed by atoms with Crippen LogP contribution in [0.1, 0.15) is 111 Å². The number of aryl methyl sites for hydroxylation is 1. The van der Waals surface area contributed by atoms with Crippen LogP contribution in [0.15, 0.2) is 150 Å². The summed E-state index contributed by atoms with van der Waals surface area (Å²) < 4.78 is 8.94. The Morgan fingerprint density at radius 2 is 1.21 bits per heavy atom. The minimum atomic E-state index is -0.351. The van der Waals surface area contributed by atoms with E-state index in [1.54, 1.807) is 0 Å². The summed E-state index contributed by atoms with van der Waals surface area (Å²) in [5.74, 6) is 2.74. The number of phenols is 1. The van der Waals surface area contributed by atoms with Crippen LogP contribution in [0.25, 0.3) is 84.1 Å². The Kier molecular flexibility index (Phi) is 13.5. The third kappa shape index (κ3) is 10.1. The number of furan rings is 1. The molecule has 0 saturated carbocycles. The number of rotatable bonds is 8. The molecule has 0 amide bonds. The van der Waals surface area contributed by atoms with Gasteiger partial charge in [-0.2, -0.15) is 0 Å². The summed E-state index contributed by atoms with van der Waals surface area (Å²) in [6.07, 6.45) is 2.73. The molecule has 0 fully saturated rings. The molecule has 1 N–H and O–H groups in total. The second-order valence-corrected chi connectivity index (χ2v) is 23.2. The van der Waals surface area contributed by atoms with Gasteiger partial charge in [-0.05, 0) is 98.9 Å². The summed E-state index contributed by atoms with van der Waals surface area (Å²) >= 11 is 0. The largest absolute Gasteiger partial charge is 0.507 e. The molecule has 9 rings (SSSR count). The zero-order valence-corrected chi connectivity index (χ0v) is 45.3. The van der Waals surface area contributed by atoms with Gasteiger partial charge in [-0.1, -0.05) is 179 Å². The predicted molar refractivity (Wildman–Crippen MR) is 288 cm³/mol. The Bertz CT molecular complexity index is 3350. The summed E-state index contributed by atoms with van der Waals surface area (Å²) in [6, 6.07) is 53.1. The van der Waals surface area contributed by atoms with Gasteiger partial charge in [0.15, 0.2) is 0 Å². The van der Waals surface area contributed by atoms with E-state index in [1.165, 1.54) is 5.56 Å². The van der Waals surface area contributed by atoms with Gasteiger partial charge in [-0.25, -0.2) is 4.98 Å². The number of hydrogen-bond acceptors (Lipinski definition) is 4. The smallest absolute Gasteiger partial charge is 0.148 e. The molecule has 0 aliphatic heterocycles. The second kappa shape index (κ2) is 18.8. The molecule has 0 unspecified atom stereocenters. The molecular weight excluding hydrogens is 1040 g/mol. The molecule has 0 bridgehead atoms. The average molecular weight is 1100 g/mol. The standard InChI is InChI=1S/C64H66N3O2.Pt/c1-40-31-49(39-61(2,3)4)69-59(40)44-27-28-55(51(35-44)42-23-18-15-19-24-42)67-56-26-20-25-50(57(56)66-60(67)52-37-48(63(8,9)10)38-53(58(52)68)64(11,12)13)45-32-46(34-47(33-45)62(5,6)7)54-36-43(29-30-65-54)41-21-16-14-17-22-41;/h14-31,33-38,68H,39H2,1-13H3;/q-1;. The van der Waals surface area contributed by atoms with E-state index >= 15 is 0 Å². The molecule has 6 heteroatoms. The van der Waals surface area contributed by atoms with Gasteiger partial charge in [0.25, 0.3) is 0 Å². The van der Waals surface area contributed by atoms with Gasteiger partial charge in [0.05, 0.1) is 22.3 Å². The molecule has 3 aromatic heterocycles. The first kappa shape index (κ1) is 50.1. The SMILES string of the molecule is Cc1cc(CC(C)(C)C)oc1-c1ccc(-n2c(-c3cc(C(C)(C)C)cc(C(C)(C)C)c3O)nc3c(-c4[c-]c(-c5cc(-c6ccccc6)ccn5)cc(C(C)(C)C)c4)cccc32)c(-c2ccccc2)c1.[Pt]. The molecule has 0 atom stereocenters. The molecule has 0 radical (unpaired) electrons. The number of fused-ring (bicyclic) bond motifs is 1. The Labute approximate surface area is 430 Å². The maximum Gasteiger partial charge on any atom is 0.148 e. The maximum absolute atomic E-state index is 12.7. The van der Waals surface area contributed by atoms with Crippen LogP contribution in [0.5, 0.6) is 5.75 Å². The van der Waals surface area contributed by atoms with Crippen molar-refractivity contribution < 1.29 is 30.6 Å². The van der Waals surface area contributed by atoms with Crippen molar-refractivity contribution in [2.45, 2.75) is 113 Å². The first-order valence-corrected chi connectivity index (χ1v) is 24.3. The summed E-state index contributed by atoms with van der Waals surface area (Å²) in [4.78, 5) is 10.6. The molecule has 360 valence electrons. The van der Waals surface area contributed by atoms with E-state index in [1.807, 2.05) is 12.3 Å². The van der Waals surface area contributed by atoms with E-state index in [-0.39, 0.29) is 48.5 Å². The minimum Gasteiger partial charge on any atom is -0.507 e. The summed E-state index contributed by atoms with van der Waals surface area (Å²) in [7, 11) is 0. The molecular formula is C64H66N3O2Pt-. The van der Waals surface area contributed by atoms with E-state index in [9.17, 15) is 5.11 Å². The number of aromatic nitrogens is 3. The van der Waals surface area contributed by atoms with Crippen LogP contribution in [0.2, 0.25) is 0 Å². The van der Waals surface area contributed by atoms with Crippen molar-refractivity contribution in [2.75, 3.05) is 0 Å². The van der Waals surface area contributed by atoms with Crippen LogP contribution in [0.4, 0.5) is 0 Å². The zero-order valence-electron chi connectivity index (χ0n) is 43.1. The molecule has 70 heavy (non-hydrogen) atoms. The first-order valence-electron chi connectivity index (χ1n) is 24.3. The quantitative estimate of drug-likeness (QED) is 0.154. The van der Waals surface area contributed by atoms with Gasteiger partial charge in [0.1, 0.15) is 23.1 Å². The number of phenolic OH excluding ortho intramolecular Hbond substituents is 1. The molecule has 9 aromatic rings. The van der Waals surface area contributed by atoms with Crippen molar-refractivity contribution in [1.29, 1.82) is 0 Å². The van der Waals surface area contributed by atoms with E-state index < -0.39 is 0 Å².